The molecular formula is C17H17IN2O2. The molecule has 0 spiro atoms. The summed E-state index contributed by atoms with van der Waals surface area (Å²) in [5.74, 6) is -1.34. The molecule has 0 atom stereocenters. The van der Waals surface area contributed by atoms with Gasteiger partial charge in [-0.25, -0.2) is 0 Å². The van der Waals surface area contributed by atoms with Crippen LogP contribution in [0, 0.1) is 10.5 Å². The van der Waals surface area contributed by atoms with E-state index in [1.807, 2.05) is 44.2 Å². The summed E-state index contributed by atoms with van der Waals surface area (Å²) in [7, 11) is 0. The molecule has 5 heteroatoms. The fourth-order valence-electron chi connectivity index (χ4n) is 2.09. The monoisotopic (exact) mass is 408 g/mol. The number of benzene rings is 2. The van der Waals surface area contributed by atoms with Crippen molar-refractivity contribution in [1.82, 2.24) is 0 Å². The molecule has 22 heavy (non-hydrogen) atoms. The van der Waals surface area contributed by atoms with Crippen LogP contribution in [0.1, 0.15) is 18.1 Å². The number of hydrogen-bond donors (Lipinski definition) is 2. The van der Waals surface area contributed by atoms with E-state index in [1.54, 1.807) is 12.1 Å². The van der Waals surface area contributed by atoms with Crippen LogP contribution in [0.2, 0.25) is 0 Å². The van der Waals surface area contributed by atoms with Crippen molar-refractivity contribution in [3.8, 4) is 0 Å². The molecule has 2 aromatic rings. The Bertz CT molecular complexity index is 696. The number of halogens is 1. The molecule has 114 valence electrons. The van der Waals surface area contributed by atoms with Crippen molar-refractivity contribution >= 4 is 45.8 Å². The van der Waals surface area contributed by atoms with Gasteiger partial charge in [0.15, 0.2) is 0 Å². The highest BCUT2D eigenvalue weighted by molar-refractivity contribution is 14.1. The van der Waals surface area contributed by atoms with E-state index >= 15 is 0 Å². The number of hydrogen-bond acceptors (Lipinski definition) is 2. The molecule has 0 aliphatic carbocycles. The first kappa shape index (κ1) is 16.5. The van der Waals surface area contributed by atoms with Gasteiger partial charge in [-0.05, 0) is 71.3 Å². The molecule has 0 saturated carbocycles. The summed E-state index contributed by atoms with van der Waals surface area (Å²) in [5.41, 5.74) is 3.26. The summed E-state index contributed by atoms with van der Waals surface area (Å²) in [4.78, 5) is 24.1. The second kappa shape index (κ2) is 7.40. The summed E-state index contributed by atoms with van der Waals surface area (Å²) in [5, 5.41) is 5.30. The normalized spacial score (nSPS) is 10.1. The van der Waals surface area contributed by atoms with Crippen molar-refractivity contribution in [2.45, 2.75) is 20.3 Å². The zero-order chi connectivity index (χ0) is 16.1. The summed E-state index contributed by atoms with van der Waals surface area (Å²) >= 11 is 2.18. The lowest BCUT2D eigenvalue weighted by Crippen LogP contribution is -2.29. The van der Waals surface area contributed by atoms with Gasteiger partial charge >= 0.3 is 11.8 Å². The number of para-hydroxylation sites is 1. The van der Waals surface area contributed by atoms with Gasteiger partial charge in [0.1, 0.15) is 0 Å². The molecule has 2 amide bonds. The maximum Gasteiger partial charge on any atom is 0.314 e. The van der Waals surface area contributed by atoms with Crippen LogP contribution < -0.4 is 10.6 Å². The van der Waals surface area contributed by atoms with Crippen LogP contribution in [-0.2, 0) is 16.0 Å². The third kappa shape index (κ3) is 4.07. The number of amides is 2. The Kier molecular flexibility index (Phi) is 5.54. The van der Waals surface area contributed by atoms with Crippen molar-refractivity contribution in [2.75, 3.05) is 10.6 Å². The molecule has 2 N–H and O–H groups in total. The van der Waals surface area contributed by atoms with Crippen molar-refractivity contribution in [3.05, 3.63) is 57.2 Å². The van der Waals surface area contributed by atoms with Crippen molar-refractivity contribution in [2.24, 2.45) is 0 Å². The second-order valence-corrected chi connectivity index (χ2v) is 6.12. The van der Waals surface area contributed by atoms with E-state index in [9.17, 15) is 9.59 Å². The molecule has 2 rings (SSSR count). The Morgan fingerprint density at radius 2 is 1.64 bits per heavy atom. The summed E-state index contributed by atoms with van der Waals surface area (Å²) in [6.07, 6.45) is 0.788. The fourth-order valence-corrected chi connectivity index (χ4v) is 2.45. The van der Waals surface area contributed by atoms with Gasteiger partial charge in [0.05, 0.1) is 0 Å². The third-order valence-electron chi connectivity index (χ3n) is 3.29. The molecule has 2 aromatic carbocycles. The van der Waals surface area contributed by atoms with E-state index in [0.29, 0.717) is 11.4 Å². The summed E-state index contributed by atoms with van der Waals surface area (Å²) < 4.78 is 1.06. The Balaban J connectivity index is 2.09. The largest absolute Gasteiger partial charge is 0.318 e. The van der Waals surface area contributed by atoms with Gasteiger partial charge in [-0.15, -0.1) is 0 Å². The maximum absolute atomic E-state index is 12.1. The van der Waals surface area contributed by atoms with Crippen molar-refractivity contribution in [1.29, 1.82) is 0 Å². The smallest absolute Gasteiger partial charge is 0.314 e. The molecular weight excluding hydrogens is 391 g/mol. The highest BCUT2D eigenvalue weighted by Gasteiger charge is 2.16. The Morgan fingerprint density at radius 1 is 1.00 bits per heavy atom. The highest BCUT2D eigenvalue weighted by atomic mass is 127. The van der Waals surface area contributed by atoms with Crippen LogP contribution in [0.25, 0.3) is 0 Å². The number of carbonyl (C=O) groups excluding carboxylic acids is 2. The van der Waals surface area contributed by atoms with Gasteiger partial charge in [-0.3, -0.25) is 9.59 Å². The Hall–Kier alpha value is -1.89. The summed E-state index contributed by atoms with van der Waals surface area (Å²) in [6, 6.07) is 13.0. The molecule has 4 nitrogen and oxygen atoms in total. The minimum atomic E-state index is -0.675. The number of carbonyl (C=O) groups is 2. The number of rotatable bonds is 3. The molecule has 0 bridgehead atoms. The molecule has 0 heterocycles. The number of nitrogens with one attached hydrogen (secondary N) is 2. The maximum atomic E-state index is 12.1. The quantitative estimate of drug-likeness (QED) is 0.601. The summed E-state index contributed by atoms with van der Waals surface area (Å²) in [6.45, 7) is 3.92. The first-order chi connectivity index (χ1) is 10.5. The van der Waals surface area contributed by atoms with Crippen LogP contribution in [0.4, 0.5) is 11.4 Å². The van der Waals surface area contributed by atoms with Gasteiger partial charge in [-0.1, -0.05) is 25.1 Å². The van der Waals surface area contributed by atoms with Gasteiger partial charge in [0, 0.05) is 14.9 Å². The zero-order valence-corrected chi connectivity index (χ0v) is 14.6. The van der Waals surface area contributed by atoms with Crippen LogP contribution in [0.15, 0.2) is 42.5 Å². The third-order valence-corrected chi connectivity index (χ3v) is 4.01. The highest BCUT2D eigenvalue weighted by Crippen LogP contribution is 2.21. The molecule has 0 fully saturated rings. The molecule has 0 unspecified atom stereocenters. The molecule has 0 saturated heterocycles. The first-order valence-corrected chi connectivity index (χ1v) is 8.05. The predicted molar refractivity (Wildman–Crippen MR) is 97.0 cm³/mol. The van der Waals surface area contributed by atoms with Crippen molar-refractivity contribution < 1.29 is 9.59 Å². The molecule has 0 radical (unpaired) electrons. The van der Waals surface area contributed by atoms with E-state index in [-0.39, 0.29) is 0 Å². The lowest BCUT2D eigenvalue weighted by molar-refractivity contribution is -0.133. The fraction of sp³-hybridized carbons (Fsp3) is 0.176. The number of aryl methyl sites for hydroxylation is 2. The van der Waals surface area contributed by atoms with E-state index in [0.717, 1.165) is 21.1 Å². The first-order valence-electron chi connectivity index (χ1n) is 6.97. The van der Waals surface area contributed by atoms with Gasteiger partial charge < -0.3 is 10.6 Å². The molecule has 0 aliphatic heterocycles. The van der Waals surface area contributed by atoms with Crippen LogP contribution in [0.5, 0.6) is 0 Å². The zero-order valence-electron chi connectivity index (χ0n) is 12.4. The Labute approximate surface area is 143 Å². The SMILES string of the molecule is CCc1cccc(C)c1NC(=O)C(=O)Nc1ccc(I)cc1. The topological polar surface area (TPSA) is 58.2 Å². The van der Waals surface area contributed by atoms with E-state index in [2.05, 4.69) is 33.2 Å². The van der Waals surface area contributed by atoms with Gasteiger partial charge in [-0.2, -0.15) is 0 Å². The predicted octanol–water partition coefficient (Wildman–Crippen LogP) is 3.74. The minimum absolute atomic E-state index is 0.598. The van der Waals surface area contributed by atoms with Crippen LogP contribution in [-0.4, -0.2) is 11.8 Å². The Morgan fingerprint density at radius 3 is 2.27 bits per heavy atom. The molecule has 0 aromatic heterocycles. The van der Waals surface area contributed by atoms with E-state index in [1.165, 1.54) is 0 Å². The van der Waals surface area contributed by atoms with E-state index in [4.69, 9.17) is 0 Å². The van der Waals surface area contributed by atoms with Crippen LogP contribution in [0.3, 0.4) is 0 Å². The lowest BCUT2D eigenvalue weighted by atomic mass is 10.1. The lowest BCUT2D eigenvalue weighted by Gasteiger charge is -2.12. The van der Waals surface area contributed by atoms with Crippen LogP contribution >= 0.6 is 22.6 Å². The molecule has 0 aliphatic rings. The number of anilines is 2. The standard InChI is InChI=1S/C17H17IN2O2/c1-3-12-6-4-5-11(2)15(12)20-17(22)16(21)19-14-9-7-13(18)8-10-14/h4-10H,3H2,1-2H3,(H,19,21)(H,20,22). The minimum Gasteiger partial charge on any atom is -0.318 e. The van der Waals surface area contributed by atoms with Gasteiger partial charge in [0.25, 0.3) is 0 Å². The average Bonchev–Trinajstić information content (AvgIpc) is 2.51. The van der Waals surface area contributed by atoms with E-state index < -0.39 is 11.8 Å². The second-order valence-electron chi connectivity index (χ2n) is 4.88. The average molecular weight is 408 g/mol. The van der Waals surface area contributed by atoms with Crippen molar-refractivity contribution in [3.63, 3.8) is 0 Å². The van der Waals surface area contributed by atoms with Gasteiger partial charge in [0.2, 0.25) is 0 Å².